The first-order valence-electron chi connectivity index (χ1n) is 9.29. The number of carbonyl (C=O) groups is 1. The molecule has 8 nitrogen and oxygen atoms in total. The van der Waals surface area contributed by atoms with Crippen molar-refractivity contribution < 1.29 is 17.6 Å². The van der Waals surface area contributed by atoms with Gasteiger partial charge in [-0.25, -0.2) is 12.8 Å². The van der Waals surface area contributed by atoms with Crippen LogP contribution in [0.25, 0.3) is 0 Å². The maximum atomic E-state index is 13.2. The van der Waals surface area contributed by atoms with Gasteiger partial charge in [-0.05, 0) is 29.8 Å². The molecule has 0 spiro atoms. The molecule has 0 aliphatic carbocycles. The Balaban J connectivity index is 1.63. The number of nitrogens with one attached hydrogen (secondary N) is 1. The number of carbonyl (C=O) groups excluding carboxylic acids is 1. The van der Waals surface area contributed by atoms with Crippen molar-refractivity contribution in [3.8, 4) is 0 Å². The van der Waals surface area contributed by atoms with Gasteiger partial charge in [0.1, 0.15) is 5.82 Å². The van der Waals surface area contributed by atoms with E-state index in [0.717, 1.165) is 16.1 Å². The Morgan fingerprint density at radius 3 is 2.45 bits per heavy atom. The van der Waals surface area contributed by atoms with Gasteiger partial charge in [-0.15, -0.1) is 10.2 Å². The van der Waals surface area contributed by atoms with E-state index in [1.807, 2.05) is 30.3 Å². The molecule has 3 aromatic rings. The Bertz CT molecular complexity index is 1140. The summed E-state index contributed by atoms with van der Waals surface area (Å²) in [5.41, 5.74) is 1.32. The van der Waals surface area contributed by atoms with Crippen LogP contribution in [0.5, 0.6) is 0 Å². The molecular formula is C20H22FN5O3S2. The molecule has 0 aliphatic rings. The van der Waals surface area contributed by atoms with Crippen molar-refractivity contribution in [1.29, 1.82) is 0 Å². The molecule has 31 heavy (non-hydrogen) atoms. The third kappa shape index (κ3) is 6.28. The maximum Gasteiger partial charge on any atom is 0.232 e. The summed E-state index contributed by atoms with van der Waals surface area (Å²) in [7, 11) is -1.94. The molecule has 0 saturated heterocycles. The van der Waals surface area contributed by atoms with E-state index >= 15 is 0 Å². The van der Waals surface area contributed by atoms with Gasteiger partial charge in [0.2, 0.25) is 15.9 Å². The predicted octanol–water partition coefficient (Wildman–Crippen LogP) is 2.33. The summed E-state index contributed by atoms with van der Waals surface area (Å²) in [5.74, 6) is -0.0727. The van der Waals surface area contributed by atoms with Crippen molar-refractivity contribution in [1.82, 2.24) is 20.1 Å². The van der Waals surface area contributed by atoms with Crippen LogP contribution in [0.1, 0.15) is 11.4 Å². The molecule has 2 aromatic carbocycles. The van der Waals surface area contributed by atoms with Gasteiger partial charge in [-0.3, -0.25) is 9.10 Å². The van der Waals surface area contributed by atoms with E-state index in [0.29, 0.717) is 23.2 Å². The number of amides is 1. The Morgan fingerprint density at radius 2 is 1.81 bits per heavy atom. The van der Waals surface area contributed by atoms with Crippen molar-refractivity contribution in [3.05, 3.63) is 71.8 Å². The lowest BCUT2D eigenvalue weighted by molar-refractivity contribution is -0.118. The van der Waals surface area contributed by atoms with Crippen LogP contribution >= 0.6 is 11.8 Å². The van der Waals surface area contributed by atoms with E-state index in [1.54, 1.807) is 11.6 Å². The minimum atomic E-state index is -3.64. The van der Waals surface area contributed by atoms with Crippen LogP contribution in [0.4, 0.5) is 10.1 Å². The summed E-state index contributed by atoms with van der Waals surface area (Å²) >= 11 is 1.20. The van der Waals surface area contributed by atoms with Crippen molar-refractivity contribution in [2.75, 3.05) is 16.3 Å². The molecule has 11 heteroatoms. The lowest BCUT2D eigenvalue weighted by atomic mass is 10.2. The van der Waals surface area contributed by atoms with E-state index in [4.69, 9.17) is 0 Å². The normalized spacial score (nSPS) is 11.3. The number of anilines is 1. The lowest BCUT2D eigenvalue weighted by Crippen LogP contribution is -2.30. The second-order valence-corrected chi connectivity index (χ2v) is 9.60. The molecule has 1 amide bonds. The standard InChI is InChI=1S/C20H22FN5O3S2/c1-25-18(13-26(31(2,28)29)17-10-8-16(21)9-11-17)23-24-20(25)30-14-19(27)22-12-15-6-4-3-5-7-15/h3-11H,12-14H2,1-2H3,(H,22,27). The van der Waals surface area contributed by atoms with E-state index in [-0.39, 0.29) is 18.2 Å². The van der Waals surface area contributed by atoms with Gasteiger partial charge in [0, 0.05) is 13.6 Å². The van der Waals surface area contributed by atoms with E-state index < -0.39 is 15.8 Å². The lowest BCUT2D eigenvalue weighted by Gasteiger charge is -2.21. The van der Waals surface area contributed by atoms with Crippen LogP contribution in [0, 0.1) is 5.82 Å². The van der Waals surface area contributed by atoms with E-state index in [1.165, 1.54) is 36.0 Å². The summed E-state index contributed by atoms with van der Waals surface area (Å²) in [4.78, 5) is 12.1. The highest BCUT2D eigenvalue weighted by Crippen LogP contribution is 2.22. The van der Waals surface area contributed by atoms with Gasteiger partial charge >= 0.3 is 0 Å². The first-order chi connectivity index (χ1) is 14.7. The largest absolute Gasteiger partial charge is 0.351 e. The summed E-state index contributed by atoms with van der Waals surface area (Å²) in [6.45, 7) is 0.361. The molecule has 0 radical (unpaired) electrons. The highest BCUT2D eigenvalue weighted by atomic mass is 32.2. The molecule has 1 N–H and O–H groups in total. The van der Waals surface area contributed by atoms with Crippen molar-refractivity contribution >= 4 is 33.4 Å². The first-order valence-corrected chi connectivity index (χ1v) is 12.1. The molecule has 0 bridgehead atoms. The third-order valence-corrected chi connectivity index (χ3v) is 6.55. The summed E-state index contributed by atoms with van der Waals surface area (Å²) in [6.07, 6.45) is 1.07. The average Bonchev–Trinajstić information content (AvgIpc) is 3.09. The smallest absolute Gasteiger partial charge is 0.232 e. The molecule has 0 saturated carbocycles. The monoisotopic (exact) mass is 463 g/mol. The van der Waals surface area contributed by atoms with Crippen LogP contribution in [0.15, 0.2) is 59.8 Å². The van der Waals surface area contributed by atoms with Gasteiger partial charge in [0.25, 0.3) is 0 Å². The zero-order chi connectivity index (χ0) is 22.4. The number of nitrogens with zero attached hydrogens (tertiary/aromatic N) is 4. The number of hydrogen-bond acceptors (Lipinski definition) is 6. The molecule has 0 fully saturated rings. The molecule has 1 aromatic heterocycles. The molecular weight excluding hydrogens is 441 g/mol. The van der Waals surface area contributed by atoms with Gasteiger partial charge in [0.15, 0.2) is 11.0 Å². The number of halogens is 1. The second-order valence-electron chi connectivity index (χ2n) is 6.75. The highest BCUT2D eigenvalue weighted by molar-refractivity contribution is 7.99. The van der Waals surface area contributed by atoms with Gasteiger partial charge in [-0.1, -0.05) is 42.1 Å². The van der Waals surface area contributed by atoms with Crippen LogP contribution < -0.4 is 9.62 Å². The van der Waals surface area contributed by atoms with Gasteiger partial charge in [0.05, 0.1) is 24.2 Å². The number of hydrogen-bond donors (Lipinski definition) is 1. The maximum absolute atomic E-state index is 13.2. The Hall–Kier alpha value is -2.92. The predicted molar refractivity (Wildman–Crippen MR) is 117 cm³/mol. The summed E-state index contributed by atoms with van der Waals surface area (Å²) in [5, 5.41) is 11.4. The van der Waals surface area contributed by atoms with Crippen molar-refractivity contribution in [2.45, 2.75) is 18.2 Å². The number of thioether (sulfide) groups is 1. The van der Waals surface area contributed by atoms with Crippen molar-refractivity contribution in [3.63, 3.8) is 0 Å². The fourth-order valence-electron chi connectivity index (χ4n) is 2.72. The molecule has 1 heterocycles. The van der Waals surface area contributed by atoms with Gasteiger partial charge < -0.3 is 9.88 Å². The van der Waals surface area contributed by atoms with Gasteiger partial charge in [-0.2, -0.15) is 0 Å². The summed E-state index contributed by atoms with van der Waals surface area (Å²) < 4.78 is 40.5. The molecule has 0 aliphatic heterocycles. The zero-order valence-corrected chi connectivity index (χ0v) is 18.7. The number of benzene rings is 2. The number of aromatic nitrogens is 3. The minimum Gasteiger partial charge on any atom is -0.351 e. The number of rotatable bonds is 9. The molecule has 164 valence electrons. The quantitative estimate of drug-likeness (QED) is 0.489. The SMILES string of the molecule is Cn1c(CN(c2ccc(F)cc2)S(C)(=O)=O)nnc1SCC(=O)NCc1ccccc1. The van der Waals surface area contributed by atoms with Crippen LogP contribution in [-0.4, -0.2) is 41.1 Å². The summed E-state index contributed by atoms with van der Waals surface area (Å²) in [6, 6.07) is 14.7. The first kappa shape index (κ1) is 22.8. The third-order valence-electron chi connectivity index (χ3n) is 4.39. The topological polar surface area (TPSA) is 97.2 Å². The Morgan fingerprint density at radius 1 is 1.13 bits per heavy atom. The fraction of sp³-hybridized carbons (Fsp3) is 0.250. The highest BCUT2D eigenvalue weighted by Gasteiger charge is 2.21. The van der Waals surface area contributed by atoms with Crippen molar-refractivity contribution in [2.24, 2.45) is 7.05 Å². The Labute approximate surface area is 184 Å². The Kier molecular flexibility index (Phi) is 7.29. The van der Waals surface area contributed by atoms with E-state index in [2.05, 4.69) is 15.5 Å². The van der Waals surface area contributed by atoms with E-state index in [9.17, 15) is 17.6 Å². The fourth-order valence-corrected chi connectivity index (χ4v) is 4.34. The minimum absolute atomic E-state index is 0.0747. The average molecular weight is 464 g/mol. The number of sulfonamides is 1. The second kappa shape index (κ2) is 9.92. The van der Waals surface area contributed by atoms with Crippen LogP contribution in [0.3, 0.4) is 0 Å². The molecule has 3 rings (SSSR count). The van der Waals surface area contributed by atoms with Crippen LogP contribution in [0.2, 0.25) is 0 Å². The molecule has 0 atom stereocenters. The van der Waals surface area contributed by atoms with Crippen LogP contribution in [-0.2, 0) is 35.0 Å². The molecule has 0 unspecified atom stereocenters. The zero-order valence-electron chi connectivity index (χ0n) is 17.0.